The van der Waals surface area contributed by atoms with E-state index in [0.29, 0.717) is 6.61 Å². The lowest BCUT2D eigenvalue weighted by atomic mass is 10.2. The Morgan fingerprint density at radius 3 is 2.95 bits per heavy atom. The zero-order chi connectivity index (χ0) is 14.2. The Morgan fingerprint density at radius 1 is 1.35 bits per heavy atom. The molecule has 0 spiro atoms. The van der Waals surface area contributed by atoms with Gasteiger partial charge in [-0.3, -0.25) is 0 Å². The van der Waals surface area contributed by atoms with Crippen LogP contribution in [0.25, 0.3) is 0 Å². The average molecular weight is 344 g/mol. The molecule has 1 saturated heterocycles. The fourth-order valence-electron chi connectivity index (χ4n) is 2.36. The van der Waals surface area contributed by atoms with Gasteiger partial charge in [0, 0.05) is 13.1 Å². The summed E-state index contributed by atoms with van der Waals surface area (Å²) in [6, 6.07) is 4.03. The van der Waals surface area contributed by atoms with E-state index in [2.05, 4.69) is 21.2 Å². The van der Waals surface area contributed by atoms with Gasteiger partial charge in [0.25, 0.3) is 0 Å². The molecule has 1 unspecified atom stereocenters. The molecule has 1 aromatic rings. The molecule has 2 aliphatic rings. The van der Waals surface area contributed by atoms with Crippen molar-refractivity contribution in [2.75, 3.05) is 19.9 Å². The molecule has 0 radical (unpaired) electrons. The Morgan fingerprint density at radius 2 is 2.20 bits per heavy atom. The first-order chi connectivity index (χ1) is 9.53. The number of halogens is 1. The van der Waals surface area contributed by atoms with Crippen LogP contribution in [0.5, 0.6) is 11.5 Å². The van der Waals surface area contributed by atoms with Crippen LogP contribution in [0.4, 0.5) is 0 Å². The van der Waals surface area contributed by atoms with E-state index < -0.39 is 5.79 Å². The molecule has 0 aromatic heterocycles. The van der Waals surface area contributed by atoms with Crippen molar-refractivity contribution in [1.29, 1.82) is 0 Å². The zero-order valence-electron chi connectivity index (χ0n) is 11.6. The van der Waals surface area contributed by atoms with Crippen molar-refractivity contribution in [2.45, 2.75) is 32.3 Å². The smallest absolute Gasteiger partial charge is 0.231 e. The lowest BCUT2D eigenvalue weighted by Crippen LogP contribution is -2.30. The molecule has 1 aromatic carbocycles. The summed E-state index contributed by atoms with van der Waals surface area (Å²) in [5.41, 5.74) is 1.14. The summed E-state index contributed by atoms with van der Waals surface area (Å²) in [5, 5.41) is 3.38. The molecule has 20 heavy (non-hydrogen) atoms. The lowest BCUT2D eigenvalue weighted by Gasteiger charge is -2.17. The Hall–Kier alpha value is -0.820. The Balaban J connectivity index is 1.53. The number of fused-ring (bicyclic) bond motifs is 1. The van der Waals surface area contributed by atoms with Crippen LogP contribution < -0.4 is 14.8 Å². The van der Waals surface area contributed by atoms with Gasteiger partial charge in [0.1, 0.15) is 0 Å². The molecule has 1 N–H and O–H groups in total. The van der Waals surface area contributed by atoms with E-state index in [1.165, 1.54) is 0 Å². The van der Waals surface area contributed by atoms with Gasteiger partial charge in [-0.2, -0.15) is 0 Å². The first-order valence-electron chi connectivity index (χ1n) is 6.64. The summed E-state index contributed by atoms with van der Waals surface area (Å²) in [7, 11) is 0. The van der Waals surface area contributed by atoms with Gasteiger partial charge in [-0.05, 0) is 47.5 Å². The summed E-state index contributed by atoms with van der Waals surface area (Å²) in [6.07, 6.45) is 0.0995. The Labute approximate surface area is 126 Å². The zero-order valence-corrected chi connectivity index (χ0v) is 13.2. The highest BCUT2D eigenvalue weighted by Crippen LogP contribution is 2.39. The summed E-state index contributed by atoms with van der Waals surface area (Å²) < 4.78 is 23.0. The van der Waals surface area contributed by atoms with Gasteiger partial charge >= 0.3 is 0 Å². The highest BCUT2D eigenvalue weighted by molar-refractivity contribution is 9.10. The van der Waals surface area contributed by atoms with Crippen molar-refractivity contribution in [3.05, 3.63) is 22.2 Å². The molecule has 1 atom stereocenters. The molecular weight excluding hydrogens is 326 g/mol. The van der Waals surface area contributed by atoms with Gasteiger partial charge < -0.3 is 24.3 Å². The molecule has 0 aliphatic carbocycles. The third-order valence-corrected chi connectivity index (χ3v) is 3.84. The number of hydrogen-bond acceptors (Lipinski definition) is 5. The van der Waals surface area contributed by atoms with Gasteiger partial charge in [0.05, 0.1) is 17.2 Å². The van der Waals surface area contributed by atoms with E-state index in [-0.39, 0.29) is 12.9 Å². The van der Waals surface area contributed by atoms with Crippen molar-refractivity contribution in [3.8, 4) is 11.5 Å². The average Bonchev–Trinajstić information content (AvgIpc) is 2.96. The van der Waals surface area contributed by atoms with Crippen LogP contribution >= 0.6 is 15.9 Å². The van der Waals surface area contributed by atoms with E-state index >= 15 is 0 Å². The monoisotopic (exact) mass is 343 g/mol. The first-order valence-corrected chi connectivity index (χ1v) is 7.43. The minimum atomic E-state index is -0.464. The second kappa shape index (κ2) is 5.52. The van der Waals surface area contributed by atoms with Crippen LogP contribution in [0.15, 0.2) is 16.6 Å². The van der Waals surface area contributed by atoms with E-state index in [4.69, 9.17) is 18.9 Å². The normalized spacial score (nSPS) is 23.2. The van der Waals surface area contributed by atoms with Gasteiger partial charge in [-0.15, -0.1) is 0 Å². The maximum atomic E-state index is 5.75. The number of ether oxygens (including phenoxy) is 4. The standard InChI is InChI=1S/C14H18BrNO4/c1-14(2)19-7-10(20-14)6-16-5-9-3-11(15)13-12(4-9)17-8-18-13/h3-4,10,16H,5-8H2,1-2H3. The quantitative estimate of drug-likeness (QED) is 0.909. The van der Waals surface area contributed by atoms with Gasteiger partial charge in [-0.25, -0.2) is 0 Å². The summed E-state index contributed by atoms with van der Waals surface area (Å²) in [5.74, 6) is 1.11. The van der Waals surface area contributed by atoms with Crippen molar-refractivity contribution in [3.63, 3.8) is 0 Å². The van der Waals surface area contributed by atoms with Crippen LogP contribution in [0.3, 0.4) is 0 Å². The van der Waals surface area contributed by atoms with Crippen molar-refractivity contribution in [1.82, 2.24) is 5.32 Å². The highest BCUT2D eigenvalue weighted by atomic mass is 79.9. The fraction of sp³-hybridized carbons (Fsp3) is 0.571. The number of rotatable bonds is 4. The number of nitrogens with one attached hydrogen (secondary N) is 1. The van der Waals surface area contributed by atoms with Crippen LogP contribution in [0.2, 0.25) is 0 Å². The largest absolute Gasteiger partial charge is 0.454 e. The molecule has 0 saturated carbocycles. The van der Waals surface area contributed by atoms with E-state index in [1.807, 2.05) is 26.0 Å². The maximum absolute atomic E-state index is 5.75. The van der Waals surface area contributed by atoms with Gasteiger partial charge in [0.15, 0.2) is 17.3 Å². The van der Waals surface area contributed by atoms with Gasteiger partial charge in [-0.1, -0.05) is 0 Å². The molecule has 0 amide bonds. The second-order valence-corrected chi connectivity index (χ2v) is 6.25. The molecular formula is C14H18BrNO4. The third-order valence-electron chi connectivity index (χ3n) is 3.26. The molecule has 6 heteroatoms. The van der Waals surface area contributed by atoms with Crippen LogP contribution in [0.1, 0.15) is 19.4 Å². The lowest BCUT2D eigenvalue weighted by molar-refractivity contribution is -0.137. The fourth-order valence-corrected chi connectivity index (χ4v) is 2.97. The Bertz CT molecular complexity index is 506. The van der Waals surface area contributed by atoms with E-state index in [9.17, 15) is 0 Å². The molecule has 2 aliphatic heterocycles. The summed E-state index contributed by atoms with van der Waals surface area (Å²) in [4.78, 5) is 0. The highest BCUT2D eigenvalue weighted by Gasteiger charge is 2.32. The van der Waals surface area contributed by atoms with Crippen molar-refractivity contribution in [2.24, 2.45) is 0 Å². The van der Waals surface area contributed by atoms with Gasteiger partial charge in [0.2, 0.25) is 6.79 Å². The summed E-state index contributed by atoms with van der Waals surface area (Å²) in [6.45, 7) is 6.28. The predicted octanol–water partition coefficient (Wildman–Crippen LogP) is 2.42. The van der Waals surface area contributed by atoms with Crippen LogP contribution in [0, 0.1) is 0 Å². The molecule has 110 valence electrons. The maximum Gasteiger partial charge on any atom is 0.231 e. The predicted molar refractivity (Wildman–Crippen MR) is 76.9 cm³/mol. The first kappa shape index (κ1) is 14.1. The SMILES string of the molecule is CC1(C)OCC(CNCc2cc(Br)c3c(c2)OCO3)O1. The Kier molecular flexibility index (Phi) is 3.90. The molecule has 5 nitrogen and oxygen atoms in total. The van der Waals surface area contributed by atoms with Crippen molar-refractivity contribution >= 4 is 15.9 Å². The van der Waals surface area contributed by atoms with E-state index in [0.717, 1.165) is 34.6 Å². The van der Waals surface area contributed by atoms with Crippen molar-refractivity contribution < 1.29 is 18.9 Å². The molecule has 0 bridgehead atoms. The molecule has 1 fully saturated rings. The van der Waals surface area contributed by atoms with E-state index in [1.54, 1.807) is 0 Å². The minimum absolute atomic E-state index is 0.0995. The minimum Gasteiger partial charge on any atom is -0.454 e. The molecule has 3 rings (SSSR count). The van der Waals surface area contributed by atoms with Crippen LogP contribution in [-0.4, -0.2) is 31.8 Å². The topological polar surface area (TPSA) is 49.0 Å². The second-order valence-electron chi connectivity index (χ2n) is 5.39. The third kappa shape index (κ3) is 3.09. The molecule has 2 heterocycles. The number of benzene rings is 1. The number of hydrogen-bond donors (Lipinski definition) is 1. The summed E-state index contributed by atoms with van der Waals surface area (Å²) >= 11 is 3.49. The van der Waals surface area contributed by atoms with Crippen LogP contribution in [-0.2, 0) is 16.0 Å².